The summed E-state index contributed by atoms with van der Waals surface area (Å²) in [5.74, 6) is 0.796. The topological polar surface area (TPSA) is 49.6 Å². The minimum Gasteiger partial charge on any atom is -0.372 e. The number of hydrogen-bond acceptors (Lipinski definition) is 3. The van der Waals surface area contributed by atoms with Crippen molar-refractivity contribution in [2.24, 2.45) is 11.7 Å². The smallest absolute Gasteiger partial charge is 0.248 e. The molecular formula is C15H21N3O. The van der Waals surface area contributed by atoms with Gasteiger partial charge in [-0.25, -0.2) is 0 Å². The number of rotatable bonds is 3. The lowest BCUT2D eigenvalue weighted by Crippen LogP contribution is -2.30. The summed E-state index contributed by atoms with van der Waals surface area (Å²) in [5, 5.41) is 0. The average Bonchev–Trinajstić information content (AvgIpc) is 3.24. The highest BCUT2D eigenvalue weighted by Crippen LogP contribution is 2.39. The largest absolute Gasteiger partial charge is 0.372 e. The van der Waals surface area contributed by atoms with Crippen molar-refractivity contribution >= 4 is 17.3 Å². The molecule has 0 bridgehead atoms. The minimum absolute atomic E-state index is 0.0231. The Balaban J connectivity index is 1.91. The molecule has 2 atom stereocenters. The number of nitrogens with zero attached hydrogens (tertiary/aromatic N) is 2. The van der Waals surface area contributed by atoms with E-state index in [0.717, 1.165) is 22.9 Å². The molecule has 102 valence electrons. The van der Waals surface area contributed by atoms with E-state index in [4.69, 9.17) is 5.73 Å². The summed E-state index contributed by atoms with van der Waals surface area (Å²) >= 11 is 0. The molecule has 0 radical (unpaired) electrons. The van der Waals surface area contributed by atoms with Gasteiger partial charge in [-0.3, -0.25) is 4.79 Å². The molecule has 0 saturated heterocycles. The highest BCUT2D eigenvalue weighted by atomic mass is 16.2. The fourth-order valence-corrected chi connectivity index (χ4v) is 2.90. The molecular weight excluding hydrogens is 238 g/mol. The van der Waals surface area contributed by atoms with Gasteiger partial charge in [0.25, 0.3) is 0 Å². The molecule has 0 spiro atoms. The lowest BCUT2D eigenvalue weighted by Gasteiger charge is -2.28. The fourth-order valence-electron chi connectivity index (χ4n) is 2.90. The second kappa shape index (κ2) is 4.23. The van der Waals surface area contributed by atoms with Crippen LogP contribution in [0.2, 0.25) is 0 Å². The standard InChI is InChI=1S/C15H21N3O/c1-9(10-4-5-10)17(2)11-6-7-12-13(8-11)18(3)15(19)14(12)16/h6-10,14H,4-5,16H2,1-3H3. The third-order valence-corrected chi connectivity index (χ3v) is 4.63. The highest BCUT2D eigenvalue weighted by Gasteiger charge is 2.34. The highest BCUT2D eigenvalue weighted by molar-refractivity contribution is 6.04. The molecule has 1 heterocycles. The molecule has 1 aliphatic heterocycles. The Morgan fingerprint density at radius 2 is 2.11 bits per heavy atom. The Labute approximate surface area is 114 Å². The Morgan fingerprint density at radius 1 is 1.42 bits per heavy atom. The van der Waals surface area contributed by atoms with E-state index in [0.29, 0.717) is 6.04 Å². The molecule has 2 aliphatic rings. The number of carbonyl (C=O) groups is 1. The van der Waals surface area contributed by atoms with Gasteiger partial charge in [0.15, 0.2) is 0 Å². The van der Waals surface area contributed by atoms with Crippen molar-refractivity contribution in [1.82, 2.24) is 0 Å². The van der Waals surface area contributed by atoms with Crippen molar-refractivity contribution in [1.29, 1.82) is 0 Å². The lowest BCUT2D eigenvalue weighted by molar-refractivity contribution is -0.118. The Morgan fingerprint density at radius 3 is 2.74 bits per heavy atom. The number of likely N-dealkylation sites (N-methyl/N-ethyl adjacent to an activating group) is 1. The van der Waals surface area contributed by atoms with Gasteiger partial charge in [-0.1, -0.05) is 6.07 Å². The molecule has 1 aliphatic carbocycles. The van der Waals surface area contributed by atoms with Gasteiger partial charge in [-0.05, 0) is 37.8 Å². The number of benzene rings is 1. The van der Waals surface area contributed by atoms with Crippen molar-refractivity contribution in [3.05, 3.63) is 23.8 Å². The number of fused-ring (bicyclic) bond motifs is 1. The van der Waals surface area contributed by atoms with E-state index in [1.165, 1.54) is 12.8 Å². The fraction of sp³-hybridized carbons (Fsp3) is 0.533. The van der Waals surface area contributed by atoms with Crippen LogP contribution in [0.15, 0.2) is 18.2 Å². The first-order valence-electron chi connectivity index (χ1n) is 6.90. The predicted octanol–water partition coefficient (Wildman–Crippen LogP) is 1.90. The van der Waals surface area contributed by atoms with E-state index >= 15 is 0 Å². The van der Waals surface area contributed by atoms with Gasteiger partial charge < -0.3 is 15.5 Å². The first kappa shape index (κ1) is 12.5. The van der Waals surface area contributed by atoms with Gasteiger partial charge in [0.2, 0.25) is 5.91 Å². The van der Waals surface area contributed by atoms with Crippen LogP contribution in [0.1, 0.15) is 31.4 Å². The lowest BCUT2D eigenvalue weighted by atomic mass is 10.1. The molecule has 1 aromatic carbocycles. The van der Waals surface area contributed by atoms with Gasteiger partial charge in [0, 0.05) is 31.4 Å². The molecule has 4 heteroatoms. The number of anilines is 2. The summed E-state index contributed by atoms with van der Waals surface area (Å²) in [5.41, 5.74) is 8.96. The van der Waals surface area contributed by atoms with Gasteiger partial charge in [0.05, 0.1) is 5.69 Å². The van der Waals surface area contributed by atoms with Gasteiger partial charge in [-0.2, -0.15) is 0 Å². The van der Waals surface area contributed by atoms with Crippen LogP contribution in [-0.2, 0) is 4.79 Å². The van der Waals surface area contributed by atoms with E-state index < -0.39 is 6.04 Å². The van der Waals surface area contributed by atoms with Crippen LogP contribution in [0.25, 0.3) is 0 Å². The third kappa shape index (κ3) is 1.91. The van der Waals surface area contributed by atoms with Crippen LogP contribution in [0, 0.1) is 5.92 Å². The monoisotopic (exact) mass is 259 g/mol. The summed E-state index contributed by atoms with van der Waals surface area (Å²) < 4.78 is 0. The molecule has 1 aromatic rings. The molecule has 1 fully saturated rings. The third-order valence-electron chi connectivity index (χ3n) is 4.63. The summed E-state index contributed by atoms with van der Waals surface area (Å²) in [6, 6.07) is 6.20. The summed E-state index contributed by atoms with van der Waals surface area (Å²) in [6.07, 6.45) is 2.67. The molecule has 2 N–H and O–H groups in total. The van der Waals surface area contributed by atoms with Gasteiger partial charge >= 0.3 is 0 Å². The van der Waals surface area contributed by atoms with Crippen LogP contribution in [0.3, 0.4) is 0 Å². The minimum atomic E-state index is -0.500. The van der Waals surface area contributed by atoms with E-state index in [9.17, 15) is 4.79 Å². The van der Waals surface area contributed by atoms with Crippen LogP contribution in [0.4, 0.5) is 11.4 Å². The molecule has 19 heavy (non-hydrogen) atoms. The first-order chi connectivity index (χ1) is 9.00. The van der Waals surface area contributed by atoms with Crippen molar-refractivity contribution in [2.75, 3.05) is 23.9 Å². The quantitative estimate of drug-likeness (QED) is 0.902. The number of nitrogens with two attached hydrogens (primary N) is 1. The van der Waals surface area contributed by atoms with Gasteiger partial charge in [-0.15, -0.1) is 0 Å². The second-order valence-electron chi connectivity index (χ2n) is 5.81. The maximum Gasteiger partial charge on any atom is 0.248 e. The SMILES string of the molecule is CC(C1CC1)N(C)c1ccc2c(c1)N(C)C(=O)C2N. The van der Waals surface area contributed by atoms with Crippen molar-refractivity contribution in [3.8, 4) is 0 Å². The van der Waals surface area contributed by atoms with Crippen LogP contribution >= 0.6 is 0 Å². The zero-order valence-electron chi connectivity index (χ0n) is 11.8. The van der Waals surface area contributed by atoms with Crippen molar-refractivity contribution < 1.29 is 4.79 Å². The Hall–Kier alpha value is -1.55. The van der Waals surface area contributed by atoms with Crippen LogP contribution < -0.4 is 15.5 Å². The van der Waals surface area contributed by atoms with Crippen LogP contribution in [-0.4, -0.2) is 26.0 Å². The summed E-state index contributed by atoms with van der Waals surface area (Å²) in [4.78, 5) is 15.9. The van der Waals surface area contributed by atoms with E-state index in [1.54, 1.807) is 11.9 Å². The summed E-state index contributed by atoms with van der Waals surface area (Å²) in [6.45, 7) is 2.27. The van der Waals surface area contributed by atoms with E-state index in [2.05, 4.69) is 31.0 Å². The molecule has 1 saturated carbocycles. The molecule has 1 amide bonds. The number of amides is 1. The Bertz CT molecular complexity index is 524. The van der Waals surface area contributed by atoms with Crippen LogP contribution in [0.5, 0.6) is 0 Å². The molecule has 4 nitrogen and oxygen atoms in total. The van der Waals surface area contributed by atoms with E-state index in [1.807, 2.05) is 6.07 Å². The van der Waals surface area contributed by atoms with Gasteiger partial charge in [0.1, 0.15) is 6.04 Å². The molecule has 3 rings (SSSR count). The number of carbonyl (C=O) groups excluding carboxylic acids is 1. The van der Waals surface area contributed by atoms with Crippen molar-refractivity contribution in [3.63, 3.8) is 0 Å². The average molecular weight is 259 g/mol. The Kier molecular flexibility index (Phi) is 2.78. The number of hydrogen-bond donors (Lipinski definition) is 1. The van der Waals surface area contributed by atoms with Crippen molar-refractivity contribution in [2.45, 2.75) is 31.8 Å². The maximum absolute atomic E-state index is 11.9. The zero-order valence-corrected chi connectivity index (χ0v) is 11.8. The second-order valence-corrected chi connectivity index (χ2v) is 5.81. The maximum atomic E-state index is 11.9. The first-order valence-corrected chi connectivity index (χ1v) is 6.90. The summed E-state index contributed by atoms with van der Waals surface area (Å²) in [7, 11) is 3.92. The normalized spacial score (nSPS) is 23.5. The zero-order chi connectivity index (χ0) is 13.7. The molecule has 0 aromatic heterocycles. The molecule has 2 unspecified atom stereocenters. The van der Waals surface area contributed by atoms with E-state index in [-0.39, 0.29) is 5.91 Å². The predicted molar refractivity (Wildman–Crippen MR) is 77.4 cm³/mol.